The van der Waals surface area contributed by atoms with Gasteiger partial charge in [0.2, 0.25) is 0 Å². The van der Waals surface area contributed by atoms with Crippen LogP contribution in [-0.2, 0) is 0 Å². The fourth-order valence-corrected chi connectivity index (χ4v) is 2.31. The normalized spacial score (nSPS) is 13.8. The fourth-order valence-electron chi connectivity index (χ4n) is 2.31. The van der Waals surface area contributed by atoms with Gasteiger partial charge in [-0.25, -0.2) is 0 Å². The zero-order valence-corrected chi connectivity index (χ0v) is 12.3. The zero-order valence-electron chi connectivity index (χ0n) is 12.3. The summed E-state index contributed by atoms with van der Waals surface area (Å²) in [6.45, 7) is 4.33. The molecule has 0 bridgehead atoms. The number of pyridine rings is 1. The molecular weight excluding hydrogens is 248 g/mol. The molecule has 0 amide bonds. The summed E-state index contributed by atoms with van der Waals surface area (Å²) in [5.41, 5.74) is 2.34. The van der Waals surface area contributed by atoms with Gasteiger partial charge in [0.05, 0.1) is 12.8 Å². The van der Waals surface area contributed by atoms with Crippen molar-refractivity contribution >= 4 is 0 Å². The van der Waals surface area contributed by atoms with E-state index in [0.29, 0.717) is 6.04 Å². The molecule has 1 aromatic carbocycles. The molecule has 0 saturated carbocycles. The van der Waals surface area contributed by atoms with Gasteiger partial charge < -0.3 is 10.1 Å². The quantitative estimate of drug-likeness (QED) is 0.864. The molecule has 1 heterocycles. The molecule has 0 aliphatic rings. The molecule has 1 aromatic heterocycles. The van der Waals surface area contributed by atoms with Crippen LogP contribution in [0.2, 0.25) is 0 Å². The maximum Gasteiger partial charge on any atom is 0.118 e. The van der Waals surface area contributed by atoms with Crippen molar-refractivity contribution < 1.29 is 4.74 Å². The first-order valence-corrected chi connectivity index (χ1v) is 7.05. The van der Waals surface area contributed by atoms with Crippen molar-refractivity contribution in [1.29, 1.82) is 0 Å². The number of hydrogen-bond donors (Lipinski definition) is 1. The van der Waals surface area contributed by atoms with Crippen LogP contribution in [0, 0.1) is 0 Å². The highest BCUT2D eigenvalue weighted by atomic mass is 16.5. The topological polar surface area (TPSA) is 34.2 Å². The lowest BCUT2D eigenvalue weighted by Gasteiger charge is -2.22. The minimum Gasteiger partial charge on any atom is -0.497 e. The van der Waals surface area contributed by atoms with Crippen LogP contribution in [0.25, 0.3) is 0 Å². The summed E-state index contributed by atoms with van der Waals surface area (Å²) in [5.74, 6) is 0.890. The van der Waals surface area contributed by atoms with Crippen molar-refractivity contribution in [3.05, 3.63) is 59.9 Å². The Morgan fingerprint density at radius 3 is 2.45 bits per heavy atom. The molecule has 3 nitrogen and oxygen atoms in total. The molecule has 0 aliphatic heterocycles. The van der Waals surface area contributed by atoms with Crippen molar-refractivity contribution in [1.82, 2.24) is 10.3 Å². The molecule has 0 saturated heterocycles. The van der Waals surface area contributed by atoms with E-state index in [1.165, 1.54) is 5.56 Å². The van der Waals surface area contributed by atoms with Gasteiger partial charge >= 0.3 is 0 Å². The third kappa shape index (κ3) is 3.58. The molecule has 0 spiro atoms. The van der Waals surface area contributed by atoms with Gasteiger partial charge in [-0.05, 0) is 43.2 Å². The fraction of sp³-hybridized carbons (Fsp3) is 0.353. The summed E-state index contributed by atoms with van der Waals surface area (Å²) in [6.07, 6.45) is 2.87. The first-order chi connectivity index (χ1) is 9.74. The van der Waals surface area contributed by atoms with Crippen LogP contribution in [-0.4, -0.2) is 12.1 Å². The number of hydrogen-bond acceptors (Lipinski definition) is 3. The van der Waals surface area contributed by atoms with E-state index < -0.39 is 0 Å². The Morgan fingerprint density at radius 2 is 1.90 bits per heavy atom. The van der Waals surface area contributed by atoms with E-state index >= 15 is 0 Å². The Kier molecular flexibility index (Phi) is 5.13. The standard InChI is InChI=1S/C17H22N2O/c1-4-16(14-8-10-15(20-3)11-9-14)19-13(2)17-7-5-6-12-18-17/h5-13,16,19H,4H2,1-3H3/t13-,16?/m0/s1. The SMILES string of the molecule is CCC(N[C@@H](C)c1ccccn1)c1ccc(OC)cc1. The largest absolute Gasteiger partial charge is 0.497 e. The van der Waals surface area contributed by atoms with Crippen molar-refractivity contribution in [2.75, 3.05) is 7.11 Å². The highest BCUT2D eigenvalue weighted by molar-refractivity contribution is 5.29. The highest BCUT2D eigenvalue weighted by Gasteiger charge is 2.14. The minimum absolute atomic E-state index is 0.225. The van der Waals surface area contributed by atoms with Crippen LogP contribution >= 0.6 is 0 Å². The van der Waals surface area contributed by atoms with Crippen molar-refractivity contribution in [2.45, 2.75) is 32.4 Å². The molecule has 0 fully saturated rings. The summed E-state index contributed by atoms with van der Waals surface area (Å²) < 4.78 is 5.20. The Labute approximate surface area is 121 Å². The molecule has 2 rings (SSSR count). The molecule has 1 unspecified atom stereocenters. The third-order valence-electron chi connectivity index (χ3n) is 3.51. The Morgan fingerprint density at radius 1 is 1.15 bits per heavy atom. The summed E-state index contributed by atoms with van der Waals surface area (Å²) in [5, 5.41) is 3.63. The van der Waals surface area contributed by atoms with Crippen LogP contribution in [0.3, 0.4) is 0 Å². The van der Waals surface area contributed by atoms with E-state index in [9.17, 15) is 0 Å². The molecule has 3 heteroatoms. The number of ether oxygens (including phenoxy) is 1. The Hall–Kier alpha value is -1.87. The lowest BCUT2D eigenvalue weighted by molar-refractivity contribution is 0.413. The van der Waals surface area contributed by atoms with Crippen molar-refractivity contribution in [2.24, 2.45) is 0 Å². The predicted molar refractivity (Wildman–Crippen MR) is 81.8 cm³/mol. The van der Waals surface area contributed by atoms with E-state index in [4.69, 9.17) is 4.74 Å². The average Bonchev–Trinajstić information content (AvgIpc) is 2.53. The molecule has 0 aliphatic carbocycles. The number of rotatable bonds is 6. The maximum atomic E-state index is 5.20. The van der Waals surface area contributed by atoms with Gasteiger partial charge in [0.25, 0.3) is 0 Å². The lowest BCUT2D eigenvalue weighted by Crippen LogP contribution is -2.24. The number of methoxy groups -OCH3 is 1. The number of aromatic nitrogens is 1. The predicted octanol–water partition coefficient (Wildman–Crippen LogP) is 3.89. The molecule has 2 aromatic rings. The van der Waals surface area contributed by atoms with E-state index in [-0.39, 0.29) is 6.04 Å². The third-order valence-corrected chi connectivity index (χ3v) is 3.51. The number of nitrogens with one attached hydrogen (secondary N) is 1. The number of nitrogens with zero attached hydrogens (tertiary/aromatic N) is 1. The van der Waals surface area contributed by atoms with Crippen LogP contribution < -0.4 is 10.1 Å². The molecule has 0 radical (unpaired) electrons. The molecular formula is C17H22N2O. The van der Waals surface area contributed by atoms with Gasteiger partial charge in [0, 0.05) is 18.3 Å². The van der Waals surface area contributed by atoms with Gasteiger partial charge in [0.15, 0.2) is 0 Å². The second-order valence-corrected chi connectivity index (χ2v) is 4.88. The van der Waals surface area contributed by atoms with Gasteiger partial charge in [0.1, 0.15) is 5.75 Å². The molecule has 1 N–H and O–H groups in total. The summed E-state index contributed by atoms with van der Waals surface area (Å²) >= 11 is 0. The first kappa shape index (κ1) is 14.5. The van der Waals surface area contributed by atoms with Gasteiger partial charge in [-0.2, -0.15) is 0 Å². The van der Waals surface area contributed by atoms with Crippen LogP contribution in [0.5, 0.6) is 5.75 Å². The van der Waals surface area contributed by atoms with Gasteiger partial charge in [-0.3, -0.25) is 4.98 Å². The van der Waals surface area contributed by atoms with Crippen LogP contribution in [0.1, 0.15) is 43.6 Å². The van der Waals surface area contributed by atoms with Gasteiger partial charge in [-0.1, -0.05) is 25.1 Å². The lowest BCUT2D eigenvalue weighted by atomic mass is 10.0. The van der Waals surface area contributed by atoms with Crippen molar-refractivity contribution in [3.63, 3.8) is 0 Å². The monoisotopic (exact) mass is 270 g/mol. The van der Waals surface area contributed by atoms with E-state index in [2.05, 4.69) is 42.3 Å². The zero-order chi connectivity index (χ0) is 14.4. The second-order valence-electron chi connectivity index (χ2n) is 4.88. The van der Waals surface area contributed by atoms with Gasteiger partial charge in [-0.15, -0.1) is 0 Å². The highest BCUT2D eigenvalue weighted by Crippen LogP contribution is 2.23. The van der Waals surface area contributed by atoms with Crippen LogP contribution in [0.15, 0.2) is 48.7 Å². The van der Waals surface area contributed by atoms with Crippen LogP contribution in [0.4, 0.5) is 0 Å². The second kappa shape index (κ2) is 7.06. The first-order valence-electron chi connectivity index (χ1n) is 7.05. The molecule has 106 valence electrons. The molecule has 20 heavy (non-hydrogen) atoms. The molecule has 2 atom stereocenters. The van der Waals surface area contributed by atoms with Crippen molar-refractivity contribution in [3.8, 4) is 5.75 Å². The van der Waals surface area contributed by atoms with E-state index in [0.717, 1.165) is 17.9 Å². The van der Waals surface area contributed by atoms with E-state index in [1.807, 2.05) is 30.5 Å². The summed E-state index contributed by atoms with van der Waals surface area (Å²) in [4.78, 5) is 4.40. The number of benzene rings is 1. The Balaban J connectivity index is 2.08. The average molecular weight is 270 g/mol. The Bertz CT molecular complexity index is 510. The maximum absolute atomic E-state index is 5.20. The summed E-state index contributed by atoms with van der Waals surface area (Å²) in [7, 11) is 1.69. The smallest absolute Gasteiger partial charge is 0.118 e. The van der Waals surface area contributed by atoms with E-state index in [1.54, 1.807) is 7.11 Å². The minimum atomic E-state index is 0.225. The summed E-state index contributed by atoms with van der Waals surface area (Å²) in [6, 6.07) is 14.8.